The summed E-state index contributed by atoms with van der Waals surface area (Å²) in [4.78, 5) is 27.7. The minimum Gasteiger partial charge on any atom is -0.489 e. The first kappa shape index (κ1) is 27.4. The van der Waals surface area contributed by atoms with E-state index in [0.29, 0.717) is 30.0 Å². The third-order valence-corrected chi connectivity index (χ3v) is 6.77. The van der Waals surface area contributed by atoms with Gasteiger partial charge in [-0.1, -0.05) is 31.0 Å². The third-order valence-electron chi connectivity index (χ3n) is 6.77. The Morgan fingerprint density at radius 2 is 1.79 bits per heavy atom. The Labute approximate surface area is 223 Å². The molecule has 2 heterocycles. The minimum atomic E-state index is -0.537. The van der Waals surface area contributed by atoms with Crippen molar-refractivity contribution in [2.75, 3.05) is 39.3 Å². The molecule has 1 saturated heterocycles. The number of nitrogens with one attached hydrogen (secondary N) is 2. The second-order valence-corrected chi connectivity index (χ2v) is 9.58. The van der Waals surface area contributed by atoms with E-state index >= 15 is 0 Å². The number of likely N-dealkylation sites (tertiary alicyclic amines) is 1. The molecule has 2 aliphatic heterocycles. The number of carbonyl (C=O) groups is 2. The highest BCUT2D eigenvalue weighted by Crippen LogP contribution is 2.35. The molecule has 1 fully saturated rings. The number of halogens is 1. The number of ether oxygens (including phenoxy) is 1. The zero-order valence-corrected chi connectivity index (χ0v) is 21.9. The van der Waals surface area contributed by atoms with Crippen LogP contribution in [0.4, 0.5) is 4.39 Å². The summed E-state index contributed by atoms with van der Waals surface area (Å²) in [6.45, 7) is 6.16. The highest BCUT2D eigenvalue weighted by atomic mass is 19.1. The number of benzene rings is 2. The highest BCUT2D eigenvalue weighted by Gasteiger charge is 2.30. The summed E-state index contributed by atoms with van der Waals surface area (Å²) in [6.07, 6.45) is 5.92. The van der Waals surface area contributed by atoms with Crippen LogP contribution in [0, 0.1) is 5.82 Å². The molecule has 0 spiro atoms. The van der Waals surface area contributed by atoms with E-state index in [4.69, 9.17) is 4.74 Å². The zero-order chi connectivity index (χ0) is 26.7. The lowest BCUT2D eigenvalue weighted by Crippen LogP contribution is -2.31. The maximum Gasteiger partial charge on any atom is 0.271 e. The van der Waals surface area contributed by atoms with Crippen molar-refractivity contribution >= 4 is 11.8 Å². The maximum absolute atomic E-state index is 13.7. The molecular weight excluding hydrogens is 485 g/mol. The van der Waals surface area contributed by atoms with Crippen LogP contribution < -0.4 is 15.4 Å². The minimum absolute atomic E-state index is 0.0235. The molecule has 9 heteroatoms. The van der Waals surface area contributed by atoms with Crippen molar-refractivity contribution in [2.45, 2.75) is 45.1 Å². The second kappa shape index (κ2) is 13.8. The van der Waals surface area contributed by atoms with Crippen LogP contribution in [0.25, 0.3) is 0 Å². The van der Waals surface area contributed by atoms with E-state index in [1.54, 1.807) is 36.4 Å². The Morgan fingerprint density at radius 1 is 1.03 bits per heavy atom. The van der Waals surface area contributed by atoms with Gasteiger partial charge in [0.2, 0.25) is 0 Å². The summed E-state index contributed by atoms with van der Waals surface area (Å²) in [5, 5.41) is 14.3. The molecule has 2 N–H and O–H groups in total. The largest absolute Gasteiger partial charge is 0.489 e. The number of azo groups is 1. The SMILES string of the molecule is CCNC(=O)c1ccc(C2N=NC(C(=O)NCCCN3CCCCCC3)=C2COc2cccc(F)c2)cc1. The van der Waals surface area contributed by atoms with E-state index in [2.05, 4.69) is 25.8 Å². The van der Waals surface area contributed by atoms with Crippen molar-refractivity contribution in [3.05, 3.63) is 76.7 Å². The van der Waals surface area contributed by atoms with Gasteiger partial charge in [0.25, 0.3) is 11.8 Å². The number of hydrogen-bond acceptors (Lipinski definition) is 6. The number of carbonyl (C=O) groups excluding carboxylic acids is 2. The van der Waals surface area contributed by atoms with Crippen LogP contribution in [0.1, 0.15) is 61.0 Å². The Hall–Kier alpha value is -3.59. The Morgan fingerprint density at radius 3 is 2.50 bits per heavy atom. The number of nitrogens with zero attached hydrogens (tertiary/aromatic N) is 3. The van der Waals surface area contributed by atoms with Crippen molar-refractivity contribution in [3.8, 4) is 5.75 Å². The van der Waals surface area contributed by atoms with E-state index in [1.807, 2.05) is 6.92 Å². The van der Waals surface area contributed by atoms with Crippen LogP contribution in [0.15, 0.2) is 70.0 Å². The van der Waals surface area contributed by atoms with Gasteiger partial charge in [0.1, 0.15) is 24.2 Å². The smallest absolute Gasteiger partial charge is 0.271 e. The summed E-state index contributed by atoms with van der Waals surface area (Å²) < 4.78 is 19.5. The van der Waals surface area contributed by atoms with Crippen molar-refractivity contribution < 1.29 is 18.7 Å². The molecule has 0 aliphatic carbocycles. The Balaban J connectivity index is 1.45. The molecule has 2 amide bonds. The van der Waals surface area contributed by atoms with Gasteiger partial charge in [-0.15, -0.1) is 5.11 Å². The second-order valence-electron chi connectivity index (χ2n) is 9.58. The van der Waals surface area contributed by atoms with Gasteiger partial charge in [0, 0.05) is 30.3 Å². The molecule has 2 aromatic rings. The molecule has 38 heavy (non-hydrogen) atoms. The number of hydrogen-bond donors (Lipinski definition) is 2. The van der Waals surface area contributed by atoms with Crippen molar-refractivity contribution in [3.63, 3.8) is 0 Å². The lowest BCUT2D eigenvalue weighted by Gasteiger charge is -2.19. The maximum atomic E-state index is 13.7. The van der Waals surface area contributed by atoms with E-state index in [9.17, 15) is 14.0 Å². The molecule has 0 saturated carbocycles. The lowest BCUT2D eigenvalue weighted by atomic mass is 9.97. The number of amides is 2. The fourth-order valence-corrected chi connectivity index (χ4v) is 4.73. The van der Waals surface area contributed by atoms with Gasteiger partial charge in [0.15, 0.2) is 5.70 Å². The summed E-state index contributed by atoms with van der Waals surface area (Å²) >= 11 is 0. The van der Waals surface area contributed by atoms with Crippen molar-refractivity contribution in [1.29, 1.82) is 0 Å². The van der Waals surface area contributed by atoms with Crippen LogP contribution in [-0.2, 0) is 4.79 Å². The van der Waals surface area contributed by atoms with Gasteiger partial charge in [0.05, 0.1) is 0 Å². The molecule has 2 aliphatic rings. The van der Waals surface area contributed by atoms with E-state index < -0.39 is 11.9 Å². The monoisotopic (exact) mass is 521 g/mol. The summed E-state index contributed by atoms with van der Waals surface area (Å²) in [5.74, 6) is -0.509. The standard InChI is InChI=1S/C29H36FN5O3/c1-2-31-28(36)22-13-11-21(12-14-22)26-25(20-38-24-10-7-9-23(30)19-24)27(34-33-26)29(37)32-15-8-18-35-16-5-3-4-6-17-35/h7,9-14,19,26H,2-6,8,15-18,20H2,1H3,(H,31,36)(H,32,37). The predicted molar refractivity (Wildman–Crippen MR) is 144 cm³/mol. The molecule has 0 radical (unpaired) electrons. The highest BCUT2D eigenvalue weighted by molar-refractivity contribution is 5.95. The first-order valence-electron chi connectivity index (χ1n) is 13.5. The molecule has 0 bridgehead atoms. The molecule has 0 aromatic heterocycles. The molecular formula is C29H36FN5O3. The average molecular weight is 522 g/mol. The van der Waals surface area contributed by atoms with Gasteiger partial charge in [-0.05, 0) is 75.6 Å². The van der Waals surface area contributed by atoms with Crippen molar-refractivity contribution in [2.24, 2.45) is 10.2 Å². The van der Waals surface area contributed by atoms with Crippen molar-refractivity contribution in [1.82, 2.24) is 15.5 Å². The van der Waals surface area contributed by atoms with Crippen LogP contribution in [-0.4, -0.2) is 56.0 Å². The molecule has 8 nitrogen and oxygen atoms in total. The third kappa shape index (κ3) is 7.47. The molecule has 4 rings (SSSR count). The summed E-state index contributed by atoms with van der Waals surface area (Å²) in [7, 11) is 0. The fourth-order valence-electron chi connectivity index (χ4n) is 4.73. The average Bonchev–Trinajstić information content (AvgIpc) is 3.17. The fraction of sp³-hybridized carbons (Fsp3) is 0.448. The van der Waals surface area contributed by atoms with Gasteiger partial charge < -0.3 is 20.3 Å². The van der Waals surface area contributed by atoms with Crippen LogP contribution in [0.5, 0.6) is 5.75 Å². The molecule has 1 unspecified atom stereocenters. The topological polar surface area (TPSA) is 95.4 Å². The first-order chi connectivity index (χ1) is 18.5. The Kier molecular flexibility index (Phi) is 9.97. The van der Waals surface area contributed by atoms with Gasteiger partial charge >= 0.3 is 0 Å². The van der Waals surface area contributed by atoms with Gasteiger partial charge in [-0.25, -0.2) is 4.39 Å². The Bertz CT molecular complexity index is 1160. The zero-order valence-electron chi connectivity index (χ0n) is 21.9. The van der Waals surface area contributed by atoms with E-state index in [1.165, 1.54) is 37.8 Å². The molecule has 2 aromatic carbocycles. The lowest BCUT2D eigenvalue weighted by molar-refractivity contribution is -0.117. The van der Waals surface area contributed by atoms with E-state index in [-0.39, 0.29) is 24.1 Å². The summed E-state index contributed by atoms with van der Waals surface area (Å²) in [6, 6.07) is 12.4. The quantitative estimate of drug-likeness (QED) is 0.416. The van der Waals surface area contributed by atoms with Crippen LogP contribution in [0.2, 0.25) is 0 Å². The molecule has 202 valence electrons. The van der Waals surface area contributed by atoms with Gasteiger partial charge in [-0.2, -0.15) is 5.11 Å². The van der Waals surface area contributed by atoms with Gasteiger partial charge in [-0.3, -0.25) is 9.59 Å². The predicted octanol–water partition coefficient (Wildman–Crippen LogP) is 4.80. The van der Waals surface area contributed by atoms with Crippen LogP contribution >= 0.6 is 0 Å². The first-order valence-corrected chi connectivity index (χ1v) is 13.5. The molecule has 1 atom stereocenters. The normalized spacial score (nSPS) is 17.8. The van der Waals surface area contributed by atoms with E-state index in [0.717, 1.165) is 31.6 Å². The van der Waals surface area contributed by atoms with Crippen LogP contribution in [0.3, 0.4) is 0 Å². The summed E-state index contributed by atoms with van der Waals surface area (Å²) in [5.41, 5.74) is 2.12. The number of rotatable bonds is 11.